The van der Waals surface area contributed by atoms with Crippen LogP contribution in [0.4, 0.5) is 0 Å². The molecule has 5 heteroatoms. The zero-order chi connectivity index (χ0) is 14.1. The van der Waals surface area contributed by atoms with Crippen molar-refractivity contribution in [1.82, 2.24) is 5.32 Å². The molecule has 1 unspecified atom stereocenters. The molecule has 2 heterocycles. The molecule has 1 aliphatic heterocycles. The number of hydrogen-bond donors (Lipinski definition) is 1. The molecule has 20 heavy (non-hydrogen) atoms. The van der Waals surface area contributed by atoms with Gasteiger partial charge in [0, 0.05) is 17.6 Å². The maximum Gasteiger partial charge on any atom is 0.214 e. The van der Waals surface area contributed by atoms with Crippen molar-refractivity contribution in [3.05, 3.63) is 64.9 Å². The molecule has 1 aromatic carbocycles. The summed E-state index contributed by atoms with van der Waals surface area (Å²) in [6, 6.07) is 8.86. The van der Waals surface area contributed by atoms with Crippen LogP contribution in [0.15, 0.2) is 53.2 Å². The van der Waals surface area contributed by atoms with Gasteiger partial charge in [-0.25, -0.2) is 0 Å². The minimum atomic E-state index is -0.676. The Balaban J connectivity index is 2.02. The van der Waals surface area contributed by atoms with Crippen LogP contribution >= 0.6 is 11.6 Å². The number of ketones is 1. The normalized spacial score (nSPS) is 18.3. The van der Waals surface area contributed by atoms with E-state index in [1.165, 1.54) is 12.5 Å². The molecular weight excluding hydrogens is 278 g/mol. The number of nitrogens with one attached hydrogen (secondary N) is 1. The summed E-state index contributed by atoms with van der Waals surface area (Å²) in [6.45, 7) is 0. The number of Topliss-reactive ketones (excluding diaryl/α,β-unsaturated/α-hetero) is 1. The van der Waals surface area contributed by atoms with Gasteiger partial charge in [0.1, 0.15) is 0 Å². The van der Waals surface area contributed by atoms with Crippen LogP contribution in [0.5, 0.6) is 0 Å². The highest BCUT2D eigenvalue weighted by Crippen LogP contribution is 2.37. The van der Waals surface area contributed by atoms with Crippen molar-refractivity contribution in [2.45, 2.75) is 6.10 Å². The summed E-state index contributed by atoms with van der Waals surface area (Å²) in [5.74, 6) is 0.335. The molecule has 0 spiro atoms. The van der Waals surface area contributed by atoms with E-state index in [1.807, 2.05) is 6.07 Å². The fourth-order valence-corrected chi connectivity index (χ4v) is 2.41. The summed E-state index contributed by atoms with van der Waals surface area (Å²) in [7, 11) is 1.71. The minimum absolute atomic E-state index is 0.113. The fourth-order valence-electron chi connectivity index (χ4n) is 2.22. The summed E-state index contributed by atoms with van der Waals surface area (Å²) < 4.78 is 10.7. The van der Waals surface area contributed by atoms with Crippen molar-refractivity contribution < 1.29 is 13.9 Å². The predicted molar refractivity (Wildman–Crippen MR) is 75.0 cm³/mol. The van der Waals surface area contributed by atoms with E-state index in [9.17, 15) is 4.79 Å². The van der Waals surface area contributed by atoms with Crippen LogP contribution in [0.1, 0.15) is 17.2 Å². The van der Waals surface area contributed by atoms with E-state index in [0.717, 1.165) is 5.56 Å². The van der Waals surface area contributed by atoms with Crippen molar-refractivity contribution in [3.63, 3.8) is 0 Å². The smallest absolute Gasteiger partial charge is 0.214 e. The van der Waals surface area contributed by atoms with Gasteiger partial charge in [0.2, 0.25) is 5.78 Å². The van der Waals surface area contributed by atoms with Crippen molar-refractivity contribution in [3.8, 4) is 0 Å². The number of halogens is 1. The average Bonchev–Trinajstić information content (AvgIpc) is 3.05. The number of carbonyl (C=O) groups excluding carboxylic acids is 1. The fraction of sp³-hybridized carbons (Fsp3) is 0.133. The summed E-state index contributed by atoms with van der Waals surface area (Å²) in [5, 5.41) is 3.49. The third-order valence-electron chi connectivity index (χ3n) is 3.13. The number of ether oxygens (including phenoxy) is 1. The molecule has 4 nitrogen and oxygen atoms in total. The van der Waals surface area contributed by atoms with Gasteiger partial charge < -0.3 is 14.5 Å². The molecule has 0 radical (unpaired) electrons. The Morgan fingerprint density at radius 3 is 2.80 bits per heavy atom. The van der Waals surface area contributed by atoms with Crippen LogP contribution in [0.2, 0.25) is 5.02 Å². The Hall–Kier alpha value is -2.20. The van der Waals surface area contributed by atoms with Gasteiger partial charge in [-0.1, -0.05) is 23.7 Å². The van der Waals surface area contributed by atoms with Crippen LogP contribution < -0.4 is 5.32 Å². The summed E-state index contributed by atoms with van der Waals surface area (Å²) in [4.78, 5) is 12.6. The molecule has 1 atom stereocenters. The van der Waals surface area contributed by atoms with Gasteiger partial charge in [0.15, 0.2) is 12.0 Å². The maximum atomic E-state index is 12.6. The second-order valence-corrected chi connectivity index (χ2v) is 4.82. The van der Waals surface area contributed by atoms with Crippen LogP contribution in [-0.4, -0.2) is 12.8 Å². The van der Waals surface area contributed by atoms with E-state index in [-0.39, 0.29) is 5.78 Å². The second kappa shape index (κ2) is 5.06. The van der Waals surface area contributed by atoms with E-state index < -0.39 is 6.10 Å². The highest BCUT2D eigenvalue weighted by Gasteiger charge is 2.37. The first kappa shape index (κ1) is 12.8. The van der Waals surface area contributed by atoms with Gasteiger partial charge in [-0.2, -0.15) is 0 Å². The first-order valence-corrected chi connectivity index (χ1v) is 6.49. The number of rotatable bonds is 3. The van der Waals surface area contributed by atoms with E-state index in [4.69, 9.17) is 20.8 Å². The first-order chi connectivity index (χ1) is 9.70. The van der Waals surface area contributed by atoms with E-state index in [2.05, 4.69) is 5.32 Å². The van der Waals surface area contributed by atoms with Crippen LogP contribution in [0, 0.1) is 0 Å². The first-order valence-electron chi connectivity index (χ1n) is 6.11. The third kappa shape index (κ3) is 2.08. The van der Waals surface area contributed by atoms with Crippen molar-refractivity contribution in [2.75, 3.05) is 7.05 Å². The van der Waals surface area contributed by atoms with Gasteiger partial charge in [-0.15, -0.1) is 0 Å². The Bertz CT molecular complexity index is 676. The number of hydrogen-bond acceptors (Lipinski definition) is 4. The molecular formula is C15H12ClNO3. The van der Waals surface area contributed by atoms with Crippen LogP contribution in [0.25, 0.3) is 5.57 Å². The molecule has 102 valence electrons. The molecule has 1 aliphatic rings. The van der Waals surface area contributed by atoms with Gasteiger partial charge in [-0.05, 0) is 23.8 Å². The molecule has 0 fully saturated rings. The maximum absolute atomic E-state index is 12.6. The lowest BCUT2D eigenvalue weighted by atomic mass is 9.98. The zero-order valence-corrected chi connectivity index (χ0v) is 11.5. The van der Waals surface area contributed by atoms with E-state index >= 15 is 0 Å². The highest BCUT2D eigenvalue weighted by molar-refractivity contribution is 6.31. The molecule has 0 aliphatic carbocycles. The number of benzene rings is 1. The number of furan rings is 1. The van der Waals surface area contributed by atoms with Gasteiger partial charge in [0.05, 0.1) is 18.1 Å². The monoisotopic (exact) mass is 289 g/mol. The predicted octanol–water partition coefficient (Wildman–Crippen LogP) is 3.16. The molecule has 0 amide bonds. The second-order valence-electron chi connectivity index (χ2n) is 4.38. The third-order valence-corrected chi connectivity index (χ3v) is 3.37. The topological polar surface area (TPSA) is 51.5 Å². The average molecular weight is 290 g/mol. The van der Waals surface area contributed by atoms with Crippen molar-refractivity contribution >= 4 is 23.0 Å². The Labute approximate surface area is 121 Å². The lowest BCUT2D eigenvalue weighted by Crippen LogP contribution is -2.09. The zero-order valence-electron chi connectivity index (χ0n) is 10.7. The Morgan fingerprint density at radius 2 is 2.15 bits per heavy atom. The molecule has 0 saturated carbocycles. The molecule has 2 aromatic rings. The quantitative estimate of drug-likeness (QED) is 0.943. The minimum Gasteiger partial charge on any atom is -0.472 e. The highest BCUT2D eigenvalue weighted by atomic mass is 35.5. The molecule has 3 rings (SSSR count). The molecule has 0 saturated heterocycles. The SMILES string of the molecule is CNC1=C(c2cccc(Cl)c2)C(=O)C(c2ccoc2)O1. The largest absolute Gasteiger partial charge is 0.472 e. The van der Waals surface area contributed by atoms with Crippen LogP contribution in [-0.2, 0) is 9.53 Å². The van der Waals surface area contributed by atoms with Crippen molar-refractivity contribution in [1.29, 1.82) is 0 Å². The lowest BCUT2D eigenvalue weighted by molar-refractivity contribution is -0.120. The summed E-state index contributed by atoms with van der Waals surface area (Å²) in [6.07, 6.45) is 2.35. The van der Waals surface area contributed by atoms with Crippen molar-refractivity contribution in [2.24, 2.45) is 0 Å². The molecule has 0 bridgehead atoms. The van der Waals surface area contributed by atoms with Gasteiger partial charge >= 0.3 is 0 Å². The summed E-state index contributed by atoms with van der Waals surface area (Å²) >= 11 is 5.99. The Morgan fingerprint density at radius 1 is 1.30 bits per heavy atom. The van der Waals surface area contributed by atoms with Gasteiger partial charge in [0.25, 0.3) is 0 Å². The van der Waals surface area contributed by atoms with Gasteiger partial charge in [-0.3, -0.25) is 4.79 Å². The van der Waals surface area contributed by atoms with E-state index in [1.54, 1.807) is 31.3 Å². The summed E-state index contributed by atoms with van der Waals surface area (Å²) in [5.41, 5.74) is 1.93. The standard InChI is InChI=1S/C15H12ClNO3/c1-17-15-12(9-3-2-4-11(16)7-9)13(18)14(20-15)10-5-6-19-8-10/h2-8,14,17H,1H3. The number of carbonyl (C=O) groups is 1. The van der Waals surface area contributed by atoms with Crippen LogP contribution in [0.3, 0.4) is 0 Å². The molecule has 1 N–H and O–H groups in total. The molecule has 1 aromatic heterocycles. The van der Waals surface area contributed by atoms with E-state index in [0.29, 0.717) is 22.0 Å². The Kier molecular flexibility index (Phi) is 3.24. The lowest BCUT2D eigenvalue weighted by Gasteiger charge is -2.08.